The number of rotatable bonds is 10. The molecule has 1 unspecified atom stereocenters. The first-order chi connectivity index (χ1) is 11.1. The molecule has 0 spiro atoms. The Morgan fingerprint density at radius 3 is 1.88 bits per heavy atom. The summed E-state index contributed by atoms with van der Waals surface area (Å²) < 4.78 is 0. The van der Waals surface area contributed by atoms with E-state index in [2.05, 4.69) is 94.9 Å². The molecule has 0 fully saturated rings. The summed E-state index contributed by atoms with van der Waals surface area (Å²) in [6.07, 6.45) is 9.58. The summed E-state index contributed by atoms with van der Waals surface area (Å²) in [5.41, 5.74) is 5.13. The van der Waals surface area contributed by atoms with Crippen molar-refractivity contribution >= 4 is 0 Å². The van der Waals surface area contributed by atoms with Crippen molar-refractivity contribution in [3.05, 3.63) is 35.5 Å². The monoisotopic (exact) mass is 346 g/mol. The third-order valence-electron chi connectivity index (χ3n) is 5.62. The fraction of sp³-hybridized carbons (Fsp3) is 0.760. The van der Waals surface area contributed by atoms with E-state index in [9.17, 15) is 0 Å². The zero-order valence-corrected chi connectivity index (χ0v) is 19.3. The van der Waals surface area contributed by atoms with Crippen LogP contribution in [0, 0.1) is 22.2 Å². The summed E-state index contributed by atoms with van der Waals surface area (Å²) in [5, 5.41) is 0. The molecule has 0 aliphatic heterocycles. The fourth-order valence-corrected chi connectivity index (χ4v) is 4.07. The first kappa shape index (κ1) is 24.2. The highest BCUT2D eigenvalue weighted by Crippen LogP contribution is 2.43. The van der Waals surface area contributed by atoms with E-state index in [1.165, 1.54) is 29.6 Å². The summed E-state index contributed by atoms with van der Waals surface area (Å²) in [6, 6.07) is 0. The van der Waals surface area contributed by atoms with Crippen LogP contribution in [-0.4, -0.2) is 0 Å². The Morgan fingerprint density at radius 1 is 0.960 bits per heavy atom. The van der Waals surface area contributed by atoms with Gasteiger partial charge in [-0.25, -0.2) is 0 Å². The summed E-state index contributed by atoms with van der Waals surface area (Å²) in [5.74, 6) is 0.586. The van der Waals surface area contributed by atoms with Crippen LogP contribution in [0.5, 0.6) is 0 Å². The van der Waals surface area contributed by atoms with Gasteiger partial charge in [0.15, 0.2) is 0 Å². The smallest absolute Gasteiger partial charge is 0.0135 e. The van der Waals surface area contributed by atoms with Crippen LogP contribution in [0.15, 0.2) is 35.5 Å². The lowest BCUT2D eigenvalue weighted by molar-refractivity contribution is 0.163. The molecule has 0 rings (SSSR count). The summed E-state index contributed by atoms with van der Waals surface area (Å²) in [7, 11) is 0. The van der Waals surface area contributed by atoms with Crippen LogP contribution in [0.3, 0.4) is 0 Å². The Balaban J connectivity index is 5.07. The molecule has 0 N–H and O–H groups in total. The molecule has 0 nitrogen and oxygen atoms in total. The Labute approximate surface area is 159 Å². The second-order valence-corrected chi connectivity index (χ2v) is 10.8. The zero-order chi connectivity index (χ0) is 20.1. The normalized spacial score (nSPS) is 15.1. The quantitative estimate of drug-likeness (QED) is 0.347. The van der Waals surface area contributed by atoms with E-state index in [0.717, 1.165) is 12.8 Å². The van der Waals surface area contributed by atoms with Gasteiger partial charge in [0.25, 0.3) is 0 Å². The van der Waals surface area contributed by atoms with Gasteiger partial charge in [-0.3, -0.25) is 0 Å². The van der Waals surface area contributed by atoms with Crippen molar-refractivity contribution in [2.75, 3.05) is 0 Å². The highest BCUT2D eigenvalue weighted by atomic mass is 14.4. The van der Waals surface area contributed by atoms with E-state index < -0.39 is 0 Å². The van der Waals surface area contributed by atoms with Crippen molar-refractivity contribution in [2.45, 2.75) is 102 Å². The SMILES string of the molecule is C=C(C)C(CC(C)(C)C/C=C(\C)CC(C)(C)C=C(C)C)C(C)(C)CC. The molecular formula is C25H46. The van der Waals surface area contributed by atoms with Crippen molar-refractivity contribution in [1.29, 1.82) is 0 Å². The first-order valence-electron chi connectivity index (χ1n) is 10.1. The maximum atomic E-state index is 4.30. The van der Waals surface area contributed by atoms with Crippen molar-refractivity contribution in [2.24, 2.45) is 22.2 Å². The van der Waals surface area contributed by atoms with Gasteiger partial charge in [0.1, 0.15) is 0 Å². The van der Waals surface area contributed by atoms with E-state index in [-0.39, 0.29) is 5.41 Å². The van der Waals surface area contributed by atoms with Crippen LogP contribution in [-0.2, 0) is 0 Å². The summed E-state index contributed by atoms with van der Waals surface area (Å²) in [6.45, 7) is 29.8. The molecule has 0 aliphatic rings. The Hall–Kier alpha value is -0.780. The second kappa shape index (κ2) is 9.24. The lowest BCUT2D eigenvalue weighted by atomic mass is 9.66. The van der Waals surface area contributed by atoms with Crippen LogP contribution < -0.4 is 0 Å². The first-order valence-corrected chi connectivity index (χ1v) is 10.1. The van der Waals surface area contributed by atoms with Gasteiger partial charge < -0.3 is 0 Å². The summed E-state index contributed by atoms with van der Waals surface area (Å²) >= 11 is 0. The van der Waals surface area contributed by atoms with Gasteiger partial charge in [-0.1, -0.05) is 90.3 Å². The molecule has 0 aromatic rings. The Morgan fingerprint density at radius 2 is 1.48 bits per heavy atom. The molecule has 146 valence electrons. The topological polar surface area (TPSA) is 0 Å². The molecule has 0 aromatic carbocycles. The minimum absolute atomic E-state index is 0.244. The summed E-state index contributed by atoms with van der Waals surface area (Å²) in [4.78, 5) is 0. The highest BCUT2D eigenvalue weighted by Gasteiger charge is 2.33. The molecule has 0 saturated heterocycles. The van der Waals surface area contributed by atoms with Gasteiger partial charge in [0.05, 0.1) is 0 Å². The third kappa shape index (κ3) is 9.47. The second-order valence-electron chi connectivity index (χ2n) is 10.8. The zero-order valence-electron chi connectivity index (χ0n) is 19.3. The molecule has 0 amide bonds. The molecular weight excluding hydrogens is 300 g/mol. The predicted molar refractivity (Wildman–Crippen MR) is 117 cm³/mol. The highest BCUT2D eigenvalue weighted by molar-refractivity contribution is 5.11. The van der Waals surface area contributed by atoms with Crippen LogP contribution in [0.25, 0.3) is 0 Å². The molecule has 25 heavy (non-hydrogen) atoms. The average Bonchev–Trinajstić information content (AvgIpc) is 2.40. The Bertz CT molecular complexity index is 490. The molecule has 0 bridgehead atoms. The van der Waals surface area contributed by atoms with Crippen molar-refractivity contribution in [1.82, 2.24) is 0 Å². The van der Waals surface area contributed by atoms with E-state index in [0.29, 0.717) is 16.7 Å². The standard InChI is InChI=1S/C25H46/c1-13-25(11,12)22(20(4)5)18-23(7,8)15-14-21(6)17-24(9,10)16-19(2)3/h14,16,22H,4,13,15,17-18H2,1-3,5-12H3/b21-14+. The lowest BCUT2D eigenvalue weighted by Crippen LogP contribution is -2.29. The molecule has 0 heteroatoms. The van der Waals surface area contributed by atoms with Gasteiger partial charge in [-0.2, -0.15) is 0 Å². The molecule has 0 aliphatic carbocycles. The van der Waals surface area contributed by atoms with Gasteiger partial charge in [0, 0.05) is 0 Å². The van der Waals surface area contributed by atoms with E-state index in [1.54, 1.807) is 0 Å². The molecule has 1 atom stereocenters. The number of hydrogen-bond acceptors (Lipinski definition) is 0. The van der Waals surface area contributed by atoms with Crippen LogP contribution in [0.4, 0.5) is 0 Å². The van der Waals surface area contributed by atoms with Crippen LogP contribution >= 0.6 is 0 Å². The van der Waals surface area contributed by atoms with Gasteiger partial charge in [0.2, 0.25) is 0 Å². The van der Waals surface area contributed by atoms with Crippen molar-refractivity contribution in [3.8, 4) is 0 Å². The van der Waals surface area contributed by atoms with Crippen LogP contribution in [0.2, 0.25) is 0 Å². The molecule has 0 saturated carbocycles. The minimum Gasteiger partial charge on any atom is -0.0998 e. The Kier molecular flexibility index (Phi) is 8.95. The van der Waals surface area contributed by atoms with Crippen LogP contribution in [0.1, 0.15) is 102 Å². The molecule has 0 heterocycles. The van der Waals surface area contributed by atoms with Gasteiger partial charge in [-0.15, -0.1) is 0 Å². The van der Waals surface area contributed by atoms with Gasteiger partial charge in [-0.05, 0) is 69.1 Å². The lowest BCUT2D eigenvalue weighted by Gasteiger charge is -2.39. The number of hydrogen-bond donors (Lipinski definition) is 0. The van der Waals surface area contributed by atoms with E-state index >= 15 is 0 Å². The molecule has 0 aromatic heterocycles. The average molecular weight is 347 g/mol. The molecule has 0 radical (unpaired) electrons. The van der Waals surface area contributed by atoms with Crippen molar-refractivity contribution in [3.63, 3.8) is 0 Å². The number of allylic oxidation sites excluding steroid dienone is 5. The van der Waals surface area contributed by atoms with E-state index in [4.69, 9.17) is 0 Å². The van der Waals surface area contributed by atoms with Crippen molar-refractivity contribution < 1.29 is 0 Å². The van der Waals surface area contributed by atoms with E-state index in [1.807, 2.05) is 0 Å². The van der Waals surface area contributed by atoms with Gasteiger partial charge >= 0.3 is 0 Å². The minimum atomic E-state index is 0.244. The maximum Gasteiger partial charge on any atom is -0.0135 e. The fourth-order valence-electron chi connectivity index (χ4n) is 4.07. The third-order valence-corrected chi connectivity index (χ3v) is 5.62. The maximum absolute atomic E-state index is 4.30. The predicted octanol–water partition coefficient (Wildman–Crippen LogP) is 8.75. The largest absolute Gasteiger partial charge is 0.0998 e.